The fourth-order valence-electron chi connectivity index (χ4n) is 2.20. The molecule has 1 amide bonds. The van der Waals surface area contributed by atoms with Gasteiger partial charge in [0.15, 0.2) is 10.2 Å². The number of unbranched alkanes of at least 4 members (excludes halogenated alkanes) is 1. The predicted octanol–water partition coefficient (Wildman–Crippen LogP) is 4.44. The lowest BCUT2D eigenvalue weighted by Crippen LogP contribution is -2.33. The Kier molecular flexibility index (Phi) is 6.49. The summed E-state index contributed by atoms with van der Waals surface area (Å²) in [7, 11) is 0. The van der Waals surface area contributed by atoms with Crippen LogP contribution in [0.5, 0.6) is 0 Å². The van der Waals surface area contributed by atoms with Gasteiger partial charge in [0.25, 0.3) is 5.91 Å². The third-order valence-corrected chi connectivity index (χ3v) is 5.55. The van der Waals surface area contributed by atoms with E-state index in [9.17, 15) is 9.59 Å². The van der Waals surface area contributed by atoms with E-state index < -0.39 is 0 Å². The number of nitrogens with one attached hydrogen (secondary N) is 2. The third-order valence-electron chi connectivity index (χ3n) is 3.55. The van der Waals surface area contributed by atoms with Crippen LogP contribution in [0.1, 0.15) is 39.8 Å². The highest BCUT2D eigenvalue weighted by Crippen LogP contribution is 2.27. The summed E-state index contributed by atoms with van der Waals surface area (Å²) in [5.41, 5.74) is 1.22. The number of nitrogens with zero attached hydrogens (tertiary/aromatic N) is 1. The maximum atomic E-state index is 12.1. The Balaban J connectivity index is 1.64. The van der Waals surface area contributed by atoms with Crippen molar-refractivity contribution in [1.29, 1.82) is 0 Å². The van der Waals surface area contributed by atoms with Gasteiger partial charge in [0.05, 0.1) is 27.3 Å². The van der Waals surface area contributed by atoms with Crippen LogP contribution in [0, 0.1) is 0 Å². The SMILES string of the molecule is CCCCOC(=O)c1ccc2nc(NC(=S)NC(=O)c3cccs3)sc2c1. The number of rotatable bonds is 6. The van der Waals surface area contributed by atoms with Crippen molar-refractivity contribution in [1.82, 2.24) is 10.3 Å². The van der Waals surface area contributed by atoms with Crippen LogP contribution in [-0.2, 0) is 4.74 Å². The van der Waals surface area contributed by atoms with Crippen molar-refractivity contribution in [3.05, 3.63) is 46.2 Å². The van der Waals surface area contributed by atoms with Gasteiger partial charge in [-0.3, -0.25) is 10.1 Å². The predicted molar refractivity (Wildman–Crippen MR) is 113 cm³/mol. The molecular formula is C18H17N3O3S3. The molecule has 0 aliphatic carbocycles. The van der Waals surface area contributed by atoms with Crippen LogP contribution in [0.15, 0.2) is 35.7 Å². The Labute approximate surface area is 169 Å². The summed E-state index contributed by atoms with van der Waals surface area (Å²) in [4.78, 5) is 29.1. The van der Waals surface area contributed by atoms with E-state index in [1.54, 1.807) is 30.3 Å². The van der Waals surface area contributed by atoms with Gasteiger partial charge < -0.3 is 10.1 Å². The number of thiazole rings is 1. The fourth-order valence-corrected chi connectivity index (χ4v) is 3.98. The largest absolute Gasteiger partial charge is 0.462 e. The minimum absolute atomic E-state index is 0.173. The maximum Gasteiger partial charge on any atom is 0.338 e. The number of hydrogen-bond donors (Lipinski definition) is 2. The summed E-state index contributed by atoms with van der Waals surface area (Å²) < 4.78 is 6.06. The van der Waals surface area contributed by atoms with E-state index in [0.29, 0.717) is 22.2 Å². The molecule has 2 aromatic heterocycles. The Morgan fingerprint density at radius 3 is 2.89 bits per heavy atom. The fraction of sp³-hybridized carbons (Fsp3) is 0.222. The normalized spacial score (nSPS) is 10.6. The molecule has 3 rings (SSSR count). The average Bonchev–Trinajstić information content (AvgIpc) is 3.30. The average molecular weight is 420 g/mol. The molecule has 3 aromatic rings. The second kappa shape index (κ2) is 9.03. The summed E-state index contributed by atoms with van der Waals surface area (Å²) in [6.07, 6.45) is 1.82. The van der Waals surface area contributed by atoms with Crippen LogP contribution in [0.3, 0.4) is 0 Å². The van der Waals surface area contributed by atoms with E-state index in [2.05, 4.69) is 15.6 Å². The number of ether oxygens (including phenoxy) is 1. The van der Waals surface area contributed by atoms with Crippen molar-refractivity contribution in [3.8, 4) is 0 Å². The van der Waals surface area contributed by atoms with Gasteiger partial charge in [-0.15, -0.1) is 11.3 Å². The summed E-state index contributed by atoms with van der Waals surface area (Å²) >= 11 is 7.85. The molecule has 0 aliphatic rings. The highest BCUT2D eigenvalue weighted by Gasteiger charge is 2.13. The number of fused-ring (bicyclic) bond motifs is 1. The van der Waals surface area contributed by atoms with Gasteiger partial charge in [0.2, 0.25) is 0 Å². The molecule has 0 atom stereocenters. The van der Waals surface area contributed by atoms with Gasteiger partial charge in [-0.1, -0.05) is 30.7 Å². The van der Waals surface area contributed by atoms with Crippen LogP contribution in [0.2, 0.25) is 0 Å². The number of thiocarbonyl (C=S) groups is 1. The number of benzene rings is 1. The van der Waals surface area contributed by atoms with Crippen molar-refractivity contribution >= 4 is 67.2 Å². The number of esters is 1. The first-order chi connectivity index (χ1) is 13.1. The molecule has 2 heterocycles. The molecular weight excluding hydrogens is 402 g/mol. The van der Waals surface area contributed by atoms with Gasteiger partial charge in [-0.25, -0.2) is 9.78 Å². The Hall–Kier alpha value is -2.36. The lowest BCUT2D eigenvalue weighted by Gasteiger charge is -2.05. The zero-order valence-electron chi connectivity index (χ0n) is 14.5. The Morgan fingerprint density at radius 2 is 2.15 bits per heavy atom. The minimum Gasteiger partial charge on any atom is -0.462 e. The van der Waals surface area contributed by atoms with Crippen molar-refractivity contribution in [2.75, 3.05) is 11.9 Å². The van der Waals surface area contributed by atoms with Crippen molar-refractivity contribution in [2.45, 2.75) is 19.8 Å². The molecule has 0 aliphatic heterocycles. The smallest absolute Gasteiger partial charge is 0.338 e. The van der Waals surface area contributed by atoms with Gasteiger partial charge >= 0.3 is 5.97 Å². The molecule has 9 heteroatoms. The second-order valence-electron chi connectivity index (χ2n) is 5.58. The minimum atomic E-state index is -0.341. The lowest BCUT2D eigenvalue weighted by molar-refractivity contribution is 0.0500. The van der Waals surface area contributed by atoms with E-state index in [-0.39, 0.29) is 17.0 Å². The van der Waals surface area contributed by atoms with E-state index in [4.69, 9.17) is 17.0 Å². The number of aromatic nitrogens is 1. The van der Waals surface area contributed by atoms with Gasteiger partial charge in [0.1, 0.15) is 0 Å². The van der Waals surface area contributed by atoms with Crippen LogP contribution in [-0.4, -0.2) is 28.6 Å². The first-order valence-electron chi connectivity index (χ1n) is 8.30. The zero-order valence-corrected chi connectivity index (χ0v) is 16.9. The standard InChI is InChI=1S/C18H17N3O3S3/c1-2-3-8-24-16(23)11-6-7-12-14(10-11)27-18(19-12)21-17(25)20-15(22)13-5-4-9-26-13/h4-7,9-10H,2-3,8H2,1H3,(H2,19,20,21,22,25). The van der Waals surface area contributed by atoms with E-state index in [1.807, 2.05) is 12.3 Å². The molecule has 0 fully saturated rings. The molecule has 1 aromatic carbocycles. The number of amides is 1. The molecule has 0 bridgehead atoms. The highest BCUT2D eigenvalue weighted by molar-refractivity contribution is 7.80. The number of anilines is 1. The second-order valence-corrected chi connectivity index (χ2v) is 7.96. The number of carbonyl (C=O) groups is 2. The molecule has 0 saturated heterocycles. The quantitative estimate of drug-likeness (QED) is 0.349. The van der Waals surface area contributed by atoms with Crippen LogP contribution in [0.25, 0.3) is 10.2 Å². The van der Waals surface area contributed by atoms with Crippen molar-refractivity contribution in [3.63, 3.8) is 0 Å². The topological polar surface area (TPSA) is 80.3 Å². The first kappa shape index (κ1) is 19.4. The third kappa shape index (κ3) is 5.09. The molecule has 6 nitrogen and oxygen atoms in total. The molecule has 0 radical (unpaired) electrons. The van der Waals surface area contributed by atoms with Crippen molar-refractivity contribution in [2.24, 2.45) is 0 Å². The van der Waals surface area contributed by atoms with E-state index >= 15 is 0 Å². The van der Waals surface area contributed by atoms with E-state index in [0.717, 1.165) is 23.1 Å². The van der Waals surface area contributed by atoms with Crippen molar-refractivity contribution < 1.29 is 14.3 Å². The molecule has 27 heavy (non-hydrogen) atoms. The van der Waals surface area contributed by atoms with Gasteiger partial charge in [-0.2, -0.15) is 0 Å². The monoisotopic (exact) mass is 419 g/mol. The lowest BCUT2D eigenvalue weighted by atomic mass is 10.2. The number of carbonyl (C=O) groups excluding carboxylic acids is 2. The summed E-state index contributed by atoms with van der Waals surface area (Å²) in [6.45, 7) is 2.46. The summed E-state index contributed by atoms with van der Waals surface area (Å²) in [5, 5.41) is 8.06. The van der Waals surface area contributed by atoms with Gasteiger partial charge in [-0.05, 0) is 48.3 Å². The van der Waals surface area contributed by atoms with Crippen LogP contribution >= 0.6 is 34.9 Å². The summed E-state index contributed by atoms with van der Waals surface area (Å²) in [5.74, 6) is -0.604. The highest BCUT2D eigenvalue weighted by atomic mass is 32.1. The molecule has 140 valence electrons. The van der Waals surface area contributed by atoms with Crippen LogP contribution in [0.4, 0.5) is 5.13 Å². The number of thiophene rings is 1. The molecule has 0 saturated carbocycles. The summed E-state index contributed by atoms with van der Waals surface area (Å²) in [6, 6.07) is 8.73. The van der Waals surface area contributed by atoms with Gasteiger partial charge in [0, 0.05) is 0 Å². The Morgan fingerprint density at radius 1 is 1.30 bits per heavy atom. The maximum absolute atomic E-state index is 12.1. The molecule has 2 N–H and O–H groups in total. The molecule has 0 spiro atoms. The zero-order chi connectivity index (χ0) is 19.2. The number of hydrogen-bond acceptors (Lipinski definition) is 7. The molecule has 0 unspecified atom stereocenters. The van der Waals surface area contributed by atoms with E-state index in [1.165, 1.54) is 22.7 Å². The first-order valence-corrected chi connectivity index (χ1v) is 10.4. The Bertz CT molecular complexity index is 967. The van der Waals surface area contributed by atoms with Crippen LogP contribution < -0.4 is 10.6 Å².